The van der Waals surface area contributed by atoms with Gasteiger partial charge < -0.3 is 25.2 Å². The normalized spacial score (nSPS) is 15.1. The summed E-state index contributed by atoms with van der Waals surface area (Å²) in [7, 11) is 0. The Balaban J connectivity index is 1.73. The SMILES string of the molecule is CCOC(=O)C1=C(C)NC(=S)N[C@@H]1c1ccccc1OCC(=O)NN=Cc1cc(Cl)cc([N+](=O)[O-])c1O. The molecule has 1 amide bonds. The van der Waals surface area contributed by atoms with Crippen LogP contribution in [0.1, 0.15) is 31.0 Å². The zero-order valence-corrected chi connectivity index (χ0v) is 21.2. The number of phenols is 1. The van der Waals surface area contributed by atoms with Gasteiger partial charge in [-0.25, -0.2) is 10.2 Å². The van der Waals surface area contributed by atoms with Crippen LogP contribution in [0.15, 0.2) is 52.8 Å². The molecule has 3 rings (SSSR count). The van der Waals surface area contributed by atoms with Crippen LogP contribution in [0.2, 0.25) is 5.02 Å². The van der Waals surface area contributed by atoms with Crippen molar-refractivity contribution in [3.8, 4) is 11.5 Å². The summed E-state index contributed by atoms with van der Waals surface area (Å²) in [6.07, 6.45) is 1.01. The van der Waals surface area contributed by atoms with E-state index in [-0.39, 0.29) is 17.2 Å². The van der Waals surface area contributed by atoms with Gasteiger partial charge in [0.1, 0.15) is 5.75 Å². The van der Waals surface area contributed by atoms with Crippen LogP contribution in [0.4, 0.5) is 5.69 Å². The molecule has 0 saturated heterocycles. The molecule has 0 spiro atoms. The van der Waals surface area contributed by atoms with Crippen molar-refractivity contribution < 1.29 is 29.1 Å². The van der Waals surface area contributed by atoms with Gasteiger partial charge in [0.25, 0.3) is 5.91 Å². The van der Waals surface area contributed by atoms with Crippen molar-refractivity contribution in [2.24, 2.45) is 5.10 Å². The molecular weight excluding hydrogens is 526 g/mol. The minimum Gasteiger partial charge on any atom is -0.502 e. The molecule has 0 aromatic heterocycles. The Bertz CT molecular complexity index is 1310. The Kier molecular flexibility index (Phi) is 8.98. The number of carbonyl (C=O) groups is 2. The first-order chi connectivity index (χ1) is 17.6. The van der Waals surface area contributed by atoms with E-state index in [9.17, 15) is 24.8 Å². The zero-order chi connectivity index (χ0) is 27.1. The van der Waals surface area contributed by atoms with Gasteiger partial charge in [0.2, 0.25) is 5.75 Å². The largest absolute Gasteiger partial charge is 0.502 e. The van der Waals surface area contributed by atoms with Gasteiger partial charge in [-0.15, -0.1) is 0 Å². The smallest absolute Gasteiger partial charge is 0.338 e. The van der Waals surface area contributed by atoms with Crippen molar-refractivity contribution in [3.63, 3.8) is 0 Å². The Morgan fingerprint density at radius 1 is 1.35 bits per heavy atom. The van der Waals surface area contributed by atoms with Crippen molar-refractivity contribution in [2.75, 3.05) is 13.2 Å². The van der Waals surface area contributed by atoms with E-state index < -0.39 is 40.9 Å². The molecule has 0 saturated carbocycles. The van der Waals surface area contributed by atoms with Gasteiger partial charge in [0.05, 0.1) is 29.4 Å². The van der Waals surface area contributed by atoms with E-state index in [4.69, 9.17) is 33.3 Å². The molecule has 1 atom stereocenters. The molecule has 194 valence electrons. The fourth-order valence-corrected chi connectivity index (χ4v) is 3.94. The second-order valence-electron chi connectivity index (χ2n) is 7.53. The number of nitro groups is 1. The number of nitrogens with zero attached hydrogens (tertiary/aromatic N) is 2. The number of benzene rings is 2. The first kappa shape index (κ1) is 27.4. The van der Waals surface area contributed by atoms with Crippen LogP contribution in [0.5, 0.6) is 11.5 Å². The maximum Gasteiger partial charge on any atom is 0.338 e. The number of nitrogens with one attached hydrogen (secondary N) is 3. The lowest BCUT2D eigenvalue weighted by molar-refractivity contribution is -0.385. The minimum atomic E-state index is -0.795. The maximum atomic E-state index is 12.6. The van der Waals surface area contributed by atoms with Crippen LogP contribution in [0.25, 0.3) is 0 Å². The molecule has 2 aromatic rings. The summed E-state index contributed by atoms with van der Waals surface area (Å²) >= 11 is 11.1. The third-order valence-corrected chi connectivity index (χ3v) is 5.47. The quantitative estimate of drug-likeness (QED) is 0.121. The highest BCUT2D eigenvalue weighted by atomic mass is 35.5. The molecule has 1 aliphatic heterocycles. The Hall–Kier alpha value is -4.23. The molecule has 1 aliphatic rings. The number of hydrazone groups is 1. The number of hydrogen-bond acceptors (Lipinski definition) is 9. The van der Waals surface area contributed by atoms with Gasteiger partial charge in [-0.2, -0.15) is 5.10 Å². The summed E-state index contributed by atoms with van der Waals surface area (Å²) in [5, 5.41) is 31.0. The van der Waals surface area contributed by atoms with E-state index in [1.807, 2.05) is 0 Å². The van der Waals surface area contributed by atoms with E-state index in [1.54, 1.807) is 38.1 Å². The topological polar surface area (TPSA) is 164 Å². The van der Waals surface area contributed by atoms with Crippen molar-refractivity contribution in [1.82, 2.24) is 16.1 Å². The van der Waals surface area contributed by atoms with Crippen LogP contribution in [0, 0.1) is 10.1 Å². The molecule has 12 nitrogen and oxygen atoms in total. The number of rotatable bonds is 9. The van der Waals surface area contributed by atoms with E-state index in [1.165, 1.54) is 6.07 Å². The van der Waals surface area contributed by atoms with Gasteiger partial charge in [-0.3, -0.25) is 14.9 Å². The average molecular weight is 548 g/mol. The highest BCUT2D eigenvalue weighted by Gasteiger charge is 2.32. The first-order valence-electron chi connectivity index (χ1n) is 10.8. The van der Waals surface area contributed by atoms with Gasteiger partial charge in [0.15, 0.2) is 11.7 Å². The number of halogens is 1. The summed E-state index contributed by atoms with van der Waals surface area (Å²) in [5.74, 6) is -1.53. The van der Waals surface area contributed by atoms with Crippen LogP contribution in [-0.2, 0) is 14.3 Å². The Morgan fingerprint density at radius 2 is 2.08 bits per heavy atom. The minimum absolute atomic E-state index is 0.00898. The van der Waals surface area contributed by atoms with Crippen LogP contribution in [-0.4, -0.2) is 46.4 Å². The number of phenolic OH excluding ortho intramolecular Hbond substituents is 1. The summed E-state index contributed by atoms with van der Waals surface area (Å²) in [5.41, 5.74) is 2.93. The molecule has 0 aliphatic carbocycles. The van der Waals surface area contributed by atoms with Gasteiger partial charge in [-0.05, 0) is 38.2 Å². The molecule has 37 heavy (non-hydrogen) atoms. The highest BCUT2D eigenvalue weighted by molar-refractivity contribution is 7.80. The molecule has 0 radical (unpaired) electrons. The third kappa shape index (κ3) is 6.71. The lowest BCUT2D eigenvalue weighted by Crippen LogP contribution is -2.45. The third-order valence-electron chi connectivity index (χ3n) is 5.03. The number of hydrogen-bond donors (Lipinski definition) is 4. The second-order valence-corrected chi connectivity index (χ2v) is 8.37. The van der Waals surface area contributed by atoms with E-state index in [0.717, 1.165) is 12.3 Å². The van der Waals surface area contributed by atoms with Crippen molar-refractivity contribution in [2.45, 2.75) is 19.9 Å². The zero-order valence-electron chi connectivity index (χ0n) is 19.6. The molecular formula is C23H22ClN5O7S. The molecule has 4 N–H and O–H groups in total. The van der Waals surface area contributed by atoms with Crippen molar-refractivity contribution in [1.29, 1.82) is 0 Å². The highest BCUT2D eigenvalue weighted by Crippen LogP contribution is 2.34. The predicted molar refractivity (Wildman–Crippen MR) is 138 cm³/mol. The van der Waals surface area contributed by atoms with Crippen LogP contribution < -0.4 is 20.8 Å². The summed E-state index contributed by atoms with van der Waals surface area (Å²) < 4.78 is 10.9. The van der Waals surface area contributed by atoms with Crippen molar-refractivity contribution in [3.05, 3.63) is 73.9 Å². The summed E-state index contributed by atoms with van der Waals surface area (Å²) in [6.45, 7) is 3.13. The molecule has 2 aromatic carbocycles. The number of thiocarbonyl (C=S) groups is 1. The summed E-state index contributed by atoms with van der Waals surface area (Å²) in [4.78, 5) is 35.1. The van der Waals surface area contributed by atoms with Crippen LogP contribution in [0.3, 0.4) is 0 Å². The first-order valence-corrected chi connectivity index (χ1v) is 11.6. The molecule has 0 fully saturated rings. The second kappa shape index (κ2) is 12.1. The predicted octanol–water partition coefficient (Wildman–Crippen LogP) is 2.84. The number of allylic oxidation sites excluding steroid dienone is 1. The standard InChI is InChI=1S/C23H22ClN5O7S/c1-3-35-22(32)19-12(2)26-23(37)27-20(19)15-6-4-5-7-17(15)36-11-18(30)28-25-10-13-8-14(24)9-16(21(13)31)29(33)34/h4-10,20,31H,3,11H2,1-2H3,(H,28,30)(H2,26,27,37)/t20-/m1/s1. The van der Waals surface area contributed by atoms with Gasteiger partial charge in [-0.1, -0.05) is 29.8 Å². The fraction of sp³-hybridized carbons (Fsp3) is 0.217. The van der Waals surface area contributed by atoms with Gasteiger partial charge >= 0.3 is 11.7 Å². The fourth-order valence-electron chi connectivity index (χ4n) is 3.45. The number of para-hydroxylation sites is 1. The lowest BCUT2D eigenvalue weighted by Gasteiger charge is -2.30. The molecule has 0 bridgehead atoms. The number of carbonyl (C=O) groups excluding carboxylic acids is 2. The van der Waals surface area contributed by atoms with E-state index in [2.05, 4.69) is 21.2 Å². The van der Waals surface area contributed by atoms with Crippen LogP contribution >= 0.6 is 23.8 Å². The monoisotopic (exact) mass is 547 g/mol. The number of aromatic hydroxyl groups is 1. The van der Waals surface area contributed by atoms with E-state index >= 15 is 0 Å². The maximum absolute atomic E-state index is 12.6. The average Bonchev–Trinajstić information content (AvgIpc) is 2.84. The van der Waals surface area contributed by atoms with E-state index in [0.29, 0.717) is 27.7 Å². The Morgan fingerprint density at radius 3 is 2.78 bits per heavy atom. The van der Waals surface area contributed by atoms with Crippen molar-refractivity contribution >= 4 is 52.7 Å². The number of amides is 1. The number of nitro benzene ring substituents is 1. The molecule has 0 unspecified atom stereocenters. The molecule has 14 heteroatoms. The Labute approximate surface area is 221 Å². The van der Waals surface area contributed by atoms with Gasteiger partial charge in [0, 0.05) is 27.9 Å². The lowest BCUT2D eigenvalue weighted by atomic mass is 9.95. The number of ether oxygens (including phenoxy) is 2. The molecule has 1 heterocycles. The number of esters is 1. The summed E-state index contributed by atoms with van der Waals surface area (Å²) in [6, 6.07) is 8.34.